The number of benzene rings is 1. The van der Waals surface area contributed by atoms with E-state index >= 15 is 4.79 Å². The van der Waals surface area contributed by atoms with Crippen molar-refractivity contribution in [3.8, 4) is 0 Å². The summed E-state index contributed by atoms with van der Waals surface area (Å²) in [6.45, 7) is 10.6. The van der Waals surface area contributed by atoms with Gasteiger partial charge < -0.3 is 53.4 Å². The molecule has 5 aliphatic heterocycles. The van der Waals surface area contributed by atoms with Crippen LogP contribution in [0.1, 0.15) is 71.1 Å². The van der Waals surface area contributed by atoms with Crippen LogP contribution in [0.3, 0.4) is 0 Å². The molecule has 1 amide bonds. The molecule has 9 rings (SSSR count). The summed E-state index contributed by atoms with van der Waals surface area (Å²) in [6.07, 6.45) is 7.37. The second kappa shape index (κ2) is 18.0. The van der Waals surface area contributed by atoms with Crippen LogP contribution in [-0.2, 0) is 54.0 Å². The van der Waals surface area contributed by atoms with Crippen LogP contribution in [0.4, 0.5) is 4.79 Å². The molecule has 3 saturated heterocycles. The van der Waals surface area contributed by atoms with Crippen LogP contribution in [0.25, 0.3) is 10.9 Å². The van der Waals surface area contributed by atoms with Gasteiger partial charge in [0.25, 0.3) is 0 Å². The number of nitrogens with one attached hydrogen (secondary N) is 2. The molecule has 1 spiro atoms. The number of aromatic amines is 1. The minimum absolute atomic E-state index is 0.0810. The molecule has 18 heteroatoms. The van der Waals surface area contributed by atoms with Gasteiger partial charge in [-0.3, -0.25) is 19.2 Å². The number of nitrogens with zero attached hydrogens (tertiary/aromatic N) is 3. The average Bonchev–Trinajstić information content (AvgIpc) is 4.00. The van der Waals surface area contributed by atoms with E-state index in [9.17, 15) is 24.4 Å². The molecule has 1 saturated carbocycles. The van der Waals surface area contributed by atoms with Crippen molar-refractivity contribution in [3.63, 3.8) is 0 Å². The monoisotopic (exact) mass is 963 g/mol. The van der Waals surface area contributed by atoms with Crippen LogP contribution < -0.4 is 5.32 Å². The number of carbonyl (C=O) groups excluding carboxylic acids is 3. The number of ether oxygens (including phenoxy) is 4. The SMILES string of the molecule is CCOP(=O)(CNC(=O)O[C@@H]1[C@]2(CC)C=CCN3CC[C@@]4(C5=CC([C@@]6(C(=O)OC)C[C@H]7CN(CCc8c6[nH]c6ccccc86)C[C@](O)(CC)C7)C(OC)C=C5N(C)[C@H]4[C@@]1(O)C(=O)OC)[C@@H]32)OCC. The first-order valence-electron chi connectivity index (χ1n) is 24.4. The van der Waals surface area contributed by atoms with Gasteiger partial charge in [0.2, 0.25) is 5.60 Å². The third-order valence-electron chi connectivity index (χ3n) is 17.0. The number of rotatable bonds is 13. The largest absolute Gasteiger partial charge is 0.468 e. The molecule has 7 aliphatic rings. The smallest absolute Gasteiger partial charge is 0.408 e. The lowest BCUT2D eigenvalue weighted by atomic mass is 9.47. The number of para-hydroxylation sites is 1. The highest BCUT2D eigenvalue weighted by atomic mass is 31.2. The molecule has 17 nitrogen and oxygen atoms in total. The van der Waals surface area contributed by atoms with Crippen molar-refractivity contribution < 1.29 is 57.2 Å². The topological polar surface area (TPSA) is 202 Å². The number of alkyl carbamates (subject to hydrolysis) is 1. The number of hydrogen-bond acceptors (Lipinski definition) is 15. The van der Waals surface area contributed by atoms with Crippen LogP contribution >= 0.6 is 7.60 Å². The van der Waals surface area contributed by atoms with Crippen LogP contribution in [0, 0.1) is 22.7 Å². The number of esters is 2. The van der Waals surface area contributed by atoms with Gasteiger partial charge in [-0.25, -0.2) is 9.59 Å². The van der Waals surface area contributed by atoms with E-state index in [4.69, 9.17) is 28.0 Å². The molecule has 1 aromatic carbocycles. The van der Waals surface area contributed by atoms with E-state index in [0.717, 1.165) is 33.4 Å². The fourth-order valence-corrected chi connectivity index (χ4v) is 16.0. The zero-order valence-electron chi connectivity index (χ0n) is 40.7. The fraction of sp³-hybridized carbons (Fsp3) is 0.660. The van der Waals surface area contributed by atoms with Crippen molar-refractivity contribution in [2.75, 3.05) is 80.6 Å². The number of carbonyl (C=O) groups is 3. The Hall–Kier alpha value is -4.06. The maximum Gasteiger partial charge on any atom is 0.408 e. The van der Waals surface area contributed by atoms with Gasteiger partial charge in [0, 0.05) is 85.4 Å². The minimum Gasteiger partial charge on any atom is -0.468 e. The zero-order chi connectivity index (χ0) is 48.6. The van der Waals surface area contributed by atoms with Crippen molar-refractivity contribution in [1.82, 2.24) is 25.0 Å². The average molecular weight is 964 g/mol. The number of aromatic nitrogens is 1. The number of likely N-dealkylation sites (N-methyl/N-ethyl adjacent to an activating group) is 1. The highest BCUT2D eigenvalue weighted by Gasteiger charge is 2.81. The molecule has 4 fully saturated rings. The molecule has 4 N–H and O–H groups in total. The van der Waals surface area contributed by atoms with E-state index in [-0.39, 0.29) is 19.1 Å². The van der Waals surface area contributed by atoms with Crippen molar-refractivity contribution in [2.24, 2.45) is 22.7 Å². The number of fused-ring (bicyclic) bond motifs is 6. The second-order valence-electron chi connectivity index (χ2n) is 20.1. The number of amides is 1. The van der Waals surface area contributed by atoms with E-state index in [0.29, 0.717) is 71.2 Å². The molecule has 3 unspecified atom stereocenters. The number of hydrogen-bond donors (Lipinski definition) is 4. The van der Waals surface area contributed by atoms with Crippen molar-refractivity contribution in [2.45, 2.75) is 107 Å². The molecule has 2 bridgehead atoms. The summed E-state index contributed by atoms with van der Waals surface area (Å²) in [5.74, 6) is -2.19. The van der Waals surface area contributed by atoms with E-state index in [2.05, 4.69) is 32.2 Å². The zero-order valence-corrected chi connectivity index (χ0v) is 41.6. The molecule has 372 valence electrons. The summed E-state index contributed by atoms with van der Waals surface area (Å²) in [7, 11) is 2.36. The van der Waals surface area contributed by atoms with Crippen molar-refractivity contribution >= 4 is 36.5 Å². The fourth-order valence-electron chi connectivity index (χ4n) is 14.6. The molecule has 1 aromatic heterocycles. The molecule has 68 heavy (non-hydrogen) atoms. The molecule has 6 heterocycles. The Balaban J connectivity index is 1.25. The number of H-pyrrole nitrogens is 1. The van der Waals surface area contributed by atoms with E-state index in [1.54, 1.807) is 21.0 Å². The van der Waals surface area contributed by atoms with E-state index < -0.39 is 89.6 Å². The summed E-state index contributed by atoms with van der Waals surface area (Å²) in [4.78, 5) is 54.8. The van der Waals surface area contributed by atoms with Gasteiger partial charge in [0.05, 0.1) is 45.2 Å². The number of likely N-dealkylation sites (tertiary alicyclic amines) is 1. The number of piperidine rings is 1. The predicted molar refractivity (Wildman–Crippen MR) is 252 cm³/mol. The molecule has 2 aromatic rings. The second-order valence-corrected chi connectivity index (χ2v) is 22.2. The molecule has 0 radical (unpaired) electrons. The lowest BCUT2D eigenvalue weighted by Gasteiger charge is -2.63. The van der Waals surface area contributed by atoms with Gasteiger partial charge in [0.15, 0.2) is 6.10 Å². The van der Waals surface area contributed by atoms with Gasteiger partial charge in [-0.1, -0.05) is 50.3 Å². The summed E-state index contributed by atoms with van der Waals surface area (Å²) < 4.78 is 48.8. The molecule has 2 aliphatic carbocycles. The van der Waals surface area contributed by atoms with Crippen LogP contribution in [-0.4, -0.2) is 164 Å². The maximum atomic E-state index is 15.5. The Kier molecular flexibility index (Phi) is 12.9. The van der Waals surface area contributed by atoms with Gasteiger partial charge in [0.1, 0.15) is 11.7 Å². The van der Waals surface area contributed by atoms with Crippen LogP contribution in [0.5, 0.6) is 0 Å². The lowest BCUT2D eigenvalue weighted by Crippen LogP contribution is -2.80. The van der Waals surface area contributed by atoms with Gasteiger partial charge in [-0.05, 0) is 88.1 Å². The summed E-state index contributed by atoms with van der Waals surface area (Å²) in [6, 6.07) is 6.65. The van der Waals surface area contributed by atoms with Crippen molar-refractivity contribution in [1.29, 1.82) is 0 Å². The first kappa shape index (κ1) is 48.9. The summed E-state index contributed by atoms with van der Waals surface area (Å²) >= 11 is 0. The third kappa shape index (κ3) is 7.10. The quantitative estimate of drug-likeness (QED) is 0.0902. The summed E-state index contributed by atoms with van der Waals surface area (Å²) in [5.41, 5.74) is -2.69. The number of aliphatic hydroxyl groups is 2. The van der Waals surface area contributed by atoms with E-state index in [1.165, 1.54) is 14.2 Å². The normalized spacial score (nSPS) is 37.3. The molecular weight excluding hydrogens is 894 g/mol. The Labute approximate surface area is 399 Å². The Morgan fingerprint density at radius 1 is 0.941 bits per heavy atom. The molecule has 12 atom stereocenters. The van der Waals surface area contributed by atoms with E-state index in [1.807, 2.05) is 62.2 Å². The van der Waals surface area contributed by atoms with Crippen LogP contribution in [0.2, 0.25) is 0 Å². The Morgan fingerprint density at radius 2 is 1.68 bits per heavy atom. The minimum atomic E-state index is -3.76. The third-order valence-corrected chi connectivity index (χ3v) is 18.9. The first-order chi connectivity index (χ1) is 32.5. The molecular formula is C50H70N5O12P. The summed E-state index contributed by atoms with van der Waals surface area (Å²) in [5, 5.41) is 29.4. The number of allylic oxidation sites excluding steroid dienone is 1. The highest BCUT2D eigenvalue weighted by Crippen LogP contribution is 2.70. The first-order valence-corrected chi connectivity index (χ1v) is 26.1. The van der Waals surface area contributed by atoms with Crippen molar-refractivity contribution in [3.05, 3.63) is 71.1 Å². The highest BCUT2D eigenvalue weighted by molar-refractivity contribution is 7.53. The number of methoxy groups -OCH3 is 3. The van der Waals surface area contributed by atoms with Gasteiger partial charge >= 0.3 is 25.6 Å². The Morgan fingerprint density at radius 3 is 2.35 bits per heavy atom. The van der Waals surface area contributed by atoms with Gasteiger partial charge in [-0.15, -0.1) is 0 Å². The van der Waals surface area contributed by atoms with Crippen LogP contribution in [0.15, 0.2) is 59.8 Å². The Bertz CT molecular complexity index is 2450. The lowest BCUT2D eigenvalue weighted by molar-refractivity contribution is -0.234. The maximum absolute atomic E-state index is 15.5. The predicted octanol–water partition coefficient (Wildman–Crippen LogP) is 5.02. The van der Waals surface area contributed by atoms with Gasteiger partial charge in [-0.2, -0.15) is 0 Å². The standard InChI is InChI=1S/C50H70N5O12P/c1-9-46(59)26-31-27-49(43(56)63-7,39-33(18-22-54(28-31)29-46)32-16-13-14-17-36(32)52-39)35-24-34-37(25-38(35)62-6)53(5)41-48(34)20-23-55-21-15-19-47(10-2,40(48)55)42(50(41,60)44(57)64-8)67-45(58)51-30-68(61,65-11-3)66-12-4/h13-17,19,24-25,31,35,38,40-42,52,59-60H,9-12,18,20-23,26-30H2,1-8H3,(H,51,58)/t31-,35?,38?,40-,41+,42+,46-,47+,48+,49-,50-/m0/s1.